The molecule has 0 unspecified atom stereocenters. The van der Waals surface area contributed by atoms with Gasteiger partial charge in [0.05, 0.1) is 0 Å². The van der Waals surface area contributed by atoms with Gasteiger partial charge in [0.25, 0.3) is 5.91 Å². The summed E-state index contributed by atoms with van der Waals surface area (Å²) in [5.74, 6) is 1.30. The number of nitrogens with zero attached hydrogens (tertiary/aromatic N) is 1. The second-order valence-corrected chi connectivity index (χ2v) is 7.10. The van der Waals surface area contributed by atoms with Crippen molar-refractivity contribution in [2.24, 2.45) is 5.73 Å². The molecule has 1 aliphatic heterocycles. The third-order valence-corrected chi connectivity index (χ3v) is 4.73. The SMILES string of the molecule is Cc1ccc(C(C)C)cc1O[C@H](C)C(=O)N1CC[C@@H](N)C[C@@H]1C. The third kappa shape index (κ3) is 4.25. The second kappa shape index (κ2) is 7.35. The number of carbonyl (C=O) groups is 1. The summed E-state index contributed by atoms with van der Waals surface area (Å²) >= 11 is 0. The molecular weight excluding hydrogens is 288 g/mol. The number of nitrogens with two attached hydrogens (primary N) is 1. The van der Waals surface area contributed by atoms with Crippen molar-refractivity contribution < 1.29 is 9.53 Å². The lowest BCUT2D eigenvalue weighted by molar-refractivity contribution is -0.141. The number of aryl methyl sites for hydroxylation is 1. The summed E-state index contributed by atoms with van der Waals surface area (Å²) in [5, 5.41) is 0. The maximum atomic E-state index is 12.7. The summed E-state index contributed by atoms with van der Waals surface area (Å²) in [7, 11) is 0. The van der Waals surface area contributed by atoms with Crippen molar-refractivity contribution in [3.8, 4) is 5.75 Å². The fourth-order valence-electron chi connectivity index (χ4n) is 3.11. The van der Waals surface area contributed by atoms with Crippen LogP contribution in [0.3, 0.4) is 0 Å². The Morgan fingerprint density at radius 1 is 1.35 bits per heavy atom. The number of amides is 1. The first-order valence-corrected chi connectivity index (χ1v) is 8.62. The molecule has 0 bridgehead atoms. The van der Waals surface area contributed by atoms with Crippen LogP contribution >= 0.6 is 0 Å². The fourth-order valence-corrected chi connectivity index (χ4v) is 3.11. The van der Waals surface area contributed by atoms with E-state index in [4.69, 9.17) is 10.5 Å². The number of ether oxygens (including phenoxy) is 1. The summed E-state index contributed by atoms with van der Waals surface area (Å²) < 4.78 is 6.00. The van der Waals surface area contributed by atoms with Crippen molar-refractivity contribution >= 4 is 5.91 Å². The van der Waals surface area contributed by atoms with Crippen LogP contribution in [-0.4, -0.2) is 35.5 Å². The molecule has 2 N–H and O–H groups in total. The molecule has 1 aliphatic rings. The van der Waals surface area contributed by atoms with Gasteiger partial charge in [-0.2, -0.15) is 0 Å². The van der Waals surface area contributed by atoms with Gasteiger partial charge in [-0.15, -0.1) is 0 Å². The van der Waals surface area contributed by atoms with Crippen LogP contribution in [0.2, 0.25) is 0 Å². The third-order valence-electron chi connectivity index (χ3n) is 4.73. The molecule has 128 valence electrons. The Morgan fingerprint density at radius 2 is 2.04 bits per heavy atom. The molecule has 1 saturated heterocycles. The van der Waals surface area contributed by atoms with Crippen molar-refractivity contribution in [1.82, 2.24) is 4.90 Å². The van der Waals surface area contributed by atoms with E-state index in [1.807, 2.05) is 18.7 Å². The maximum absolute atomic E-state index is 12.7. The first-order chi connectivity index (χ1) is 10.8. The predicted octanol–water partition coefficient (Wildman–Crippen LogP) is 3.22. The minimum Gasteiger partial charge on any atom is -0.481 e. The van der Waals surface area contributed by atoms with E-state index in [1.165, 1.54) is 5.56 Å². The normalized spacial score (nSPS) is 23.0. The first-order valence-electron chi connectivity index (χ1n) is 8.62. The highest BCUT2D eigenvalue weighted by molar-refractivity contribution is 5.81. The van der Waals surface area contributed by atoms with E-state index in [9.17, 15) is 4.79 Å². The molecule has 2 rings (SSSR count). The number of hydrogen-bond donors (Lipinski definition) is 1. The first kappa shape index (κ1) is 17.8. The zero-order chi connectivity index (χ0) is 17.1. The Balaban J connectivity index is 2.08. The number of likely N-dealkylation sites (tertiary alicyclic amines) is 1. The zero-order valence-electron chi connectivity index (χ0n) is 15.0. The molecule has 1 aromatic rings. The number of rotatable bonds is 4. The molecule has 4 nitrogen and oxygen atoms in total. The number of benzene rings is 1. The lowest BCUT2D eigenvalue weighted by atomic mass is 9.98. The molecule has 0 radical (unpaired) electrons. The van der Waals surface area contributed by atoms with E-state index in [0.717, 1.165) is 30.7 Å². The highest BCUT2D eigenvalue weighted by atomic mass is 16.5. The molecule has 23 heavy (non-hydrogen) atoms. The van der Waals surface area contributed by atoms with Crippen LogP contribution in [0.4, 0.5) is 0 Å². The zero-order valence-corrected chi connectivity index (χ0v) is 15.0. The average Bonchev–Trinajstić information content (AvgIpc) is 2.48. The smallest absolute Gasteiger partial charge is 0.263 e. The highest BCUT2D eigenvalue weighted by Crippen LogP contribution is 2.26. The van der Waals surface area contributed by atoms with Crippen LogP contribution < -0.4 is 10.5 Å². The number of piperidine rings is 1. The van der Waals surface area contributed by atoms with Gasteiger partial charge in [0.1, 0.15) is 5.75 Å². The van der Waals surface area contributed by atoms with Crippen LogP contribution in [0, 0.1) is 6.92 Å². The van der Waals surface area contributed by atoms with Crippen molar-refractivity contribution in [3.63, 3.8) is 0 Å². The van der Waals surface area contributed by atoms with E-state index in [0.29, 0.717) is 5.92 Å². The summed E-state index contributed by atoms with van der Waals surface area (Å²) in [6, 6.07) is 6.62. The van der Waals surface area contributed by atoms with E-state index >= 15 is 0 Å². The standard InChI is InChI=1S/C19H30N2O2/c1-12(2)16-7-6-13(3)18(11-16)23-15(5)19(22)21-9-8-17(20)10-14(21)4/h6-7,11-12,14-15,17H,8-10,20H2,1-5H3/t14-,15+,17+/m0/s1. The van der Waals surface area contributed by atoms with Crippen molar-refractivity contribution in [2.75, 3.05) is 6.54 Å². The van der Waals surface area contributed by atoms with Crippen molar-refractivity contribution in [1.29, 1.82) is 0 Å². The van der Waals surface area contributed by atoms with Gasteiger partial charge in [0.2, 0.25) is 0 Å². The lowest BCUT2D eigenvalue weighted by Gasteiger charge is -2.37. The van der Waals surface area contributed by atoms with Gasteiger partial charge < -0.3 is 15.4 Å². The molecule has 0 spiro atoms. The summed E-state index contributed by atoms with van der Waals surface area (Å²) in [6.07, 6.45) is 1.25. The van der Waals surface area contributed by atoms with Crippen LogP contribution in [0.1, 0.15) is 57.6 Å². The molecule has 4 heteroatoms. The molecule has 1 fully saturated rings. The largest absolute Gasteiger partial charge is 0.481 e. The molecule has 1 amide bonds. The maximum Gasteiger partial charge on any atom is 0.263 e. The molecule has 1 aromatic carbocycles. The summed E-state index contributed by atoms with van der Waals surface area (Å²) in [5.41, 5.74) is 8.27. The molecule has 0 saturated carbocycles. The summed E-state index contributed by atoms with van der Waals surface area (Å²) in [6.45, 7) is 10.9. The predicted molar refractivity (Wildman–Crippen MR) is 93.7 cm³/mol. The fraction of sp³-hybridized carbons (Fsp3) is 0.632. The Bertz CT molecular complexity index is 556. The Morgan fingerprint density at radius 3 is 2.65 bits per heavy atom. The summed E-state index contributed by atoms with van der Waals surface area (Å²) in [4.78, 5) is 14.6. The Labute approximate surface area is 140 Å². The Kier molecular flexibility index (Phi) is 5.69. The topological polar surface area (TPSA) is 55.6 Å². The molecular formula is C19H30N2O2. The Hall–Kier alpha value is -1.55. The second-order valence-electron chi connectivity index (χ2n) is 7.10. The monoisotopic (exact) mass is 318 g/mol. The van der Waals surface area contributed by atoms with E-state index in [1.54, 1.807) is 0 Å². The average molecular weight is 318 g/mol. The minimum absolute atomic E-state index is 0.0544. The molecule has 1 heterocycles. The lowest BCUT2D eigenvalue weighted by Crippen LogP contribution is -2.52. The van der Waals surface area contributed by atoms with Crippen LogP contribution in [-0.2, 0) is 4.79 Å². The molecule has 3 atom stereocenters. The van der Waals surface area contributed by atoms with Crippen molar-refractivity contribution in [3.05, 3.63) is 29.3 Å². The minimum atomic E-state index is -0.479. The van der Waals surface area contributed by atoms with Crippen LogP contribution in [0.15, 0.2) is 18.2 Å². The van der Waals surface area contributed by atoms with Crippen LogP contribution in [0.5, 0.6) is 5.75 Å². The molecule has 0 aliphatic carbocycles. The highest BCUT2D eigenvalue weighted by Gasteiger charge is 2.30. The van der Waals surface area contributed by atoms with Gasteiger partial charge in [-0.05, 0) is 56.7 Å². The van der Waals surface area contributed by atoms with E-state index < -0.39 is 6.10 Å². The van der Waals surface area contributed by atoms with E-state index in [-0.39, 0.29) is 18.0 Å². The van der Waals surface area contributed by atoms with Gasteiger partial charge in [-0.25, -0.2) is 0 Å². The number of hydrogen-bond acceptors (Lipinski definition) is 3. The quantitative estimate of drug-likeness (QED) is 0.927. The van der Waals surface area contributed by atoms with Gasteiger partial charge in [-0.3, -0.25) is 4.79 Å². The van der Waals surface area contributed by atoms with Crippen molar-refractivity contribution in [2.45, 2.75) is 71.6 Å². The molecule has 0 aromatic heterocycles. The van der Waals surface area contributed by atoms with Gasteiger partial charge in [0.15, 0.2) is 6.10 Å². The van der Waals surface area contributed by atoms with Gasteiger partial charge in [-0.1, -0.05) is 26.0 Å². The number of carbonyl (C=O) groups excluding carboxylic acids is 1. The van der Waals surface area contributed by atoms with Crippen LogP contribution in [0.25, 0.3) is 0 Å². The van der Waals surface area contributed by atoms with Gasteiger partial charge >= 0.3 is 0 Å². The van der Waals surface area contributed by atoms with Gasteiger partial charge in [0, 0.05) is 18.6 Å². The van der Waals surface area contributed by atoms with E-state index in [2.05, 4.69) is 39.0 Å².